The number of aryl methyl sites for hydroxylation is 2. The number of nitrogens with zero attached hydrogens (tertiary/aromatic N) is 2. The van der Waals surface area contributed by atoms with Crippen molar-refractivity contribution in [1.29, 1.82) is 0 Å². The molecule has 1 aromatic rings. The Morgan fingerprint density at radius 3 is 2.67 bits per heavy atom. The van der Waals surface area contributed by atoms with E-state index in [1.54, 1.807) is 7.11 Å². The summed E-state index contributed by atoms with van der Waals surface area (Å²) in [5.74, 6) is 0. The van der Waals surface area contributed by atoms with Gasteiger partial charge in [-0.1, -0.05) is 0 Å². The van der Waals surface area contributed by atoms with Crippen molar-refractivity contribution in [2.75, 3.05) is 13.7 Å². The number of rotatable bonds is 5. The molecule has 0 aliphatic carbocycles. The maximum atomic E-state index is 5.09. The van der Waals surface area contributed by atoms with E-state index in [-0.39, 0.29) is 0 Å². The SMILES string of the molecule is COCC(C)NC(C)c1cn(C)nc1C. The van der Waals surface area contributed by atoms with E-state index in [0.717, 1.165) is 12.3 Å². The zero-order valence-corrected chi connectivity index (χ0v) is 10.2. The Labute approximate surface area is 91.6 Å². The average molecular weight is 211 g/mol. The van der Waals surface area contributed by atoms with E-state index >= 15 is 0 Å². The van der Waals surface area contributed by atoms with Crippen LogP contribution in [0.25, 0.3) is 0 Å². The molecule has 0 radical (unpaired) electrons. The van der Waals surface area contributed by atoms with Crippen molar-refractivity contribution in [3.8, 4) is 0 Å². The number of hydrogen-bond donors (Lipinski definition) is 1. The van der Waals surface area contributed by atoms with Gasteiger partial charge in [-0.05, 0) is 20.8 Å². The first kappa shape index (κ1) is 12.2. The first-order valence-corrected chi connectivity index (χ1v) is 5.29. The van der Waals surface area contributed by atoms with Crippen molar-refractivity contribution in [1.82, 2.24) is 15.1 Å². The summed E-state index contributed by atoms with van der Waals surface area (Å²) in [6.07, 6.45) is 2.06. The molecule has 0 aromatic carbocycles. The minimum absolute atomic E-state index is 0.309. The van der Waals surface area contributed by atoms with Gasteiger partial charge in [-0.2, -0.15) is 5.10 Å². The Balaban J connectivity index is 2.60. The summed E-state index contributed by atoms with van der Waals surface area (Å²) < 4.78 is 6.94. The van der Waals surface area contributed by atoms with Gasteiger partial charge in [-0.3, -0.25) is 4.68 Å². The molecule has 1 rings (SSSR count). The molecule has 0 bridgehead atoms. The van der Waals surface area contributed by atoms with Gasteiger partial charge in [0.05, 0.1) is 12.3 Å². The summed E-state index contributed by atoms with van der Waals surface area (Å²) in [7, 11) is 3.67. The third-order valence-corrected chi connectivity index (χ3v) is 2.47. The van der Waals surface area contributed by atoms with Crippen LogP contribution in [-0.2, 0) is 11.8 Å². The van der Waals surface area contributed by atoms with Gasteiger partial charge < -0.3 is 10.1 Å². The van der Waals surface area contributed by atoms with Crippen molar-refractivity contribution >= 4 is 0 Å². The summed E-state index contributed by atoms with van der Waals surface area (Å²) >= 11 is 0. The van der Waals surface area contributed by atoms with Crippen LogP contribution in [0.2, 0.25) is 0 Å². The fourth-order valence-corrected chi connectivity index (χ4v) is 1.86. The van der Waals surface area contributed by atoms with Crippen LogP contribution in [-0.4, -0.2) is 29.5 Å². The van der Waals surface area contributed by atoms with E-state index in [1.807, 2.05) is 18.7 Å². The highest BCUT2D eigenvalue weighted by Crippen LogP contribution is 2.15. The van der Waals surface area contributed by atoms with Crippen LogP contribution in [0.3, 0.4) is 0 Å². The molecule has 1 heterocycles. The van der Waals surface area contributed by atoms with Crippen molar-refractivity contribution in [2.24, 2.45) is 7.05 Å². The van der Waals surface area contributed by atoms with Crippen LogP contribution in [0, 0.1) is 6.92 Å². The van der Waals surface area contributed by atoms with Gasteiger partial charge >= 0.3 is 0 Å². The van der Waals surface area contributed by atoms with Gasteiger partial charge in [0.2, 0.25) is 0 Å². The zero-order valence-electron chi connectivity index (χ0n) is 10.2. The maximum Gasteiger partial charge on any atom is 0.0641 e. The molecule has 0 fully saturated rings. The van der Waals surface area contributed by atoms with E-state index in [2.05, 4.69) is 30.5 Å². The predicted molar refractivity (Wildman–Crippen MR) is 60.8 cm³/mol. The van der Waals surface area contributed by atoms with E-state index in [4.69, 9.17) is 4.74 Å². The van der Waals surface area contributed by atoms with Crippen LogP contribution < -0.4 is 5.32 Å². The summed E-state index contributed by atoms with van der Waals surface area (Å²) in [4.78, 5) is 0. The lowest BCUT2D eigenvalue weighted by molar-refractivity contribution is 0.167. The zero-order chi connectivity index (χ0) is 11.4. The highest BCUT2D eigenvalue weighted by atomic mass is 16.5. The predicted octanol–water partition coefficient (Wildman–Crippen LogP) is 1.41. The molecule has 1 N–H and O–H groups in total. The average Bonchev–Trinajstić information content (AvgIpc) is 2.45. The van der Waals surface area contributed by atoms with Crippen molar-refractivity contribution in [3.05, 3.63) is 17.5 Å². The molecule has 0 saturated carbocycles. The first-order valence-electron chi connectivity index (χ1n) is 5.29. The van der Waals surface area contributed by atoms with Crippen molar-refractivity contribution < 1.29 is 4.74 Å². The van der Waals surface area contributed by atoms with Crippen molar-refractivity contribution in [2.45, 2.75) is 32.9 Å². The van der Waals surface area contributed by atoms with Crippen LogP contribution >= 0.6 is 0 Å². The molecule has 4 nitrogen and oxygen atoms in total. The second kappa shape index (κ2) is 5.28. The molecule has 86 valence electrons. The quantitative estimate of drug-likeness (QED) is 0.800. The van der Waals surface area contributed by atoms with Gasteiger partial charge in [-0.15, -0.1) is 0 Å². The number of nitrogens with one attached hydrogen (secondary N) is 1. The number of ether oxygens (including phenoxy) is 1. The molecule has 0 amide bonds. The van der Waals surface area contributed by atoms with E-state index < -0.39 is 0 Å². The van der Waals surface area contributed by atoms with Gasteiger partial charge in [0.15, 0.2) is 0 Å². The van der Waals surface area contributed by atoms with Gasteiger partial charge in [0.1, 0.15) is 0 Å². The third kappa shape index (κ3) is 3.32. The fourth-order valence-electron chi connectivity index (χ4n) is 1.86. The monoisotopic (exact) mass is 211 g/mol. The largest absolute Gasteiger partial charge is 0.383 e. The number of hydrogen-bond acceptors (Lipinski definition) is 3. The van der Waals surface area contributed by atoms with E-state index in [1.165, 1.54) is 5.56 Å². The highest BCUT2D eigenvalue weighted by Gasteiger charge is 2.13. The summed E-state index contributed by atoms with van der Waals surface area (Å²) in [6, 6.07) is 0.661. The topological polar surface area (TPSA) is 39.1 Å². The number of aromatic nitrogens is 2. The fraction of sp³-hybridized carbons (Fsp3) is 0.727. The summed E-state index contributed by atoms with van der Waals surface area (Å²) in [5, 5.41) is 7.80. The standard InChI is InChI=1S/C11H21N3O/c1-8(7-15-5)12-9(2)11-6-14(4)13-10(11)3/h6,8-9,12H,7H2,1-5H3. The van der Waals surface area contributed by atoms with Gasteiger partial charge in [0.25, 0.3) is 0 Å². The Bertz CT molecular complexity index is 309. The molecule has 4 heteroatoms. The normalized spacial score (nSPS) is 15.3. The summed E-state index contributed by atoms with van der Waals surface area (Å²) in [6.45, 7) is 7.03. The molecule has 1 aromatic heterocycles. The lowest BCUT2D eigenvalue weighted by Gasteiger charge is -2.18. The minimum atomic E-state index is 0.309. The van der Waals surface area contributed by atoms with Crippen LogP contribution in [0.1, 0.15) is 31.1 Å². The van der Waals surface area contributed by atoms with Crippen LogP contribution in [0.5, 0.6) is 0 Å². The molecule has 0 saturated heterocycles. The summed E-state index contributed by atoms with van der Waals surface area (Å²) in [5.41, 5.74) is 2.34. The lowest BCUT2D eigenvalue weighted by atomic mass is 10.1. The molecule has 2 atom stereocenters. The molecular weight excluding hydrogens is 190 g/mol. The molecule has 15 heavy (non-hydrogen) atoms. The number of methoxy groups -OCH3 is 1. The second-order valence-electron chi connectivity index (χ2n) is 4.09. The lowest BCUT2D eigenvalue weighted by Crippen LogP contribution is -2.32. The molecule has 2 unspecified atom stereocenters. The Hall–Kier alpha value is -0.870. The molecule has 0 aliphatic heterocycles. The Morgan fingerprint density at radius 1 is 1.53 bits per heavy atom. The van der Waals surface area contributed by atoms with Gasteiger partial charge in [0, 0.05) is 38.0 Å². The van der Waals surface area contributed by atoms with Crippen molar-refractivity contribution in [3.63, 3.8) is 0 Å². The highest BCUT2D eigenvalue weighted by molar-refractivity contribution is 5.19. The third-order valence-electron chi connectivity index (χ3n) is 2.47. The molecule has 0 aliphatic rings. The molecule has 0 spiro atoms. The Morgan fingerprint density at radius 2 is 2.20 bits per heavy atom. The van der Waals surface area contributed by atoms with Crippen LogP contribution in [0.4, 0.5) is 0 Å². The molecular formula is C11H21N3O. The van der Waals surface area contributed by atoms with E-state index in [0.29, 0.717) is 12.1 Å². The second-order valence-corrected chi connectivity index (χ2v) is 4.09. The van der Waals surface area contributed by atoms with E-state index in [9.17, 15) is 0 Å². The Kier molecular flexibility index (Phi) is 4.29. The van der Waals surface area contributed by atoms with Gasteiger partial charge in [-0.25, -0.2) is 0 Å². The van der Waals surface area contributed by atoms with Crippen LogP contribution in [0.15, 0.2) is 6.20 Å². The smallest absolute Gasteiger partial charge is 0.0641 e. The minimum Gasteiger partial charge on any atom is -0.383 e. The maximum absolute atomic E-state index is 5.09. The first-order chi connectivity index (χ1) is 7.04.